The summed E-state index contributed by atoms with van der Waals surface area (Å²) in [6.07, 6.45) is 3.81. The number of benzene rings is 1. The molecule has 112 valence electrons. The first-order valence-corrected chi connectivity index (χ1v) is 8.03. The molecule has 3 nitrogen and oxygen atoms in total. The molecule has 4 heteroatoms. The lowest BCUT2D eigenvalue weighted by molar-refractivity contribution is -0.0375. The van der Waals surface area contributed by atoms with Gasteiger partial charge in [-0.15, -0.1) is 0 Å². The lowest BCUT2D eigenvalue weighted by Gasteiger charge is -2.36. The zero-order valence-corrected chi connectivity index (χ0v) is 13.7. The van der Waals surface area contributed by atoms with Crippen LogP contribution in [0, 0.1) is 5.92 Å². The molecule has 0 heterocycles. The third kappa shape index (κ3) is 4.21. The first-order chi connectivity index (χ1) is 9.62. The van der Waals surface area contributed by atoms with Crippen molar-refractivity contribution in [2.45, 2.75) is 44.8 Å². The molecule has 1 aromatic rings. The third-order valence-electron chi connectivity index (χ3n) is 3.91. The number of rotatable bonds is 7. The summed E-state index contributed by atoms with van der Waals surface area (Å²) in [5, 5.41) is 10.2. The van der Waals surface area contributed by atoms with E-state index in [0.29, 0.717) is 18.4 Å². The van der Waals surface area contributed by atoms with E-state index in [9.17, 15) is 5.11 Å². The molecule has 1 unspecified atom stereocenters. The van der Waals surface area contributed by atoms with E-state index in [1.165, 1.54) is 0 Å². The summed E-state index contributed by atoms with van der Waals surface area (Å²) in [5.74, 6) is 1.43. The second kappa shape index (κ2) is 7.43. The van der Waals surface area contributed by atoms with E-state index in [0.717, 1.165) is 41.7 Å². The Bertz CT molecular complexity index is 430. The summed E-state index contributed by atoms with van der Waals surface area (Å²) < 4.78 is 11.8. The molecule has 0 aromatic heterocycles. The van der Waals surface area contributed by atoms with Crippen LogP contribution in [0.15, 0.2) is 22.7 Å². The van der Waals surface area contributed by atoms with Crippen molar-refractivity contribution in [2.75, 3.05) is 13.7 Å². The van der Waals surface area contributed by atoms with Crippen LogP contribution < -0.4 is 4.74 Å². The third-order valence-corrected chi connectivity index (χ3v) is 4.68. The van der Waals surface area contributed by atoms with Gasteiger partial charge in [-0.05, 0) is 62.3 Å². The van der Waals surface area contributed by atoms with Crippen LogP contribution >= 0.6 is 15.9 Å². The van der Waals surface area contributed by atoms with Gasteiger partial charge >= 0.3 is 0 Å². The lowest BCUT2D eigenvalue weighted by Crippen LogP contribution is -2.34. The van der Waals surface area contributed by atoms with Gasteiger partial charge in [0.15, 0.2) is 0 Å². The van der Waals surface area contributed by atoms with E-state index < -0.39 is 0 Å². The van der Waals surface area contributed by atoms with E-state index in [1.807, 2.05) is 25.1 Å². The zero-order chi connectivity index (χ0) is 14.5. The van der Waals surface area contributed by atoms with Gasteiger partial charge in [-0.2, -0.15) is 0 Å². The van der Waals surface area contributed by atoms with Crippen molar-refractivity contribution >= 4 is 15.9 Å². The second-order valence-corrected chi connectivity index (χ2v) is 6.32. The highest BCUT2D eigenvalue weighted by Crippen LogP contribution is 2.34. The molecule has 0 saturated heterocycles. The molecule has 1 fully saturated rings. The van der Waals surface area contributed by atoms with Gasteiger partial charge in [0.25, 0.3) is 0 Å². The quantitative estimate of drug-likeness (QED) is 0.823. The van der Waals surface area contributed by atoms with Crippen molar-refractivity contribution in [3.05, 3.63) is 28.2 Å². The summed E-state index contributed by atoms with van der Waals surface area (Å²) in [6, 6.07) is 5.87. The van der Waals surface area contributed by atoms with Crippen LogP contribution in [0.1, 0.15) is 31.7 Å². The van der Waals surface area contributed by atoms with Crippen molar-refractivity contribution in [2.24, 2.45) is 5.92 Å². The van der Waals surface area contributed by atoms with Crippen LogP contribution in [0.3, 0.4) is 0 Å². The SMILES string of the molecule is CCOC1CC(CC(O)Cc2cc(OC)ccc2Br)C1. The molecular weight excluding hydrogens is 320 g/mol. The fraction of sp³-hybridized carbons (Fsp3) is 0.625. The summed E-state index contributed by atoms with van der Waals surface area (Å²) >= 11 is 3.53. The Labute approximate surface area is 129 Å². The maximum Gasteiger partial charge on any atom is 0.119 e. The molecule has 0 aliphatic heterocycles. The summed E-state index contributed by atoms with van der Waals surface area (Å²) in [5.41, 5.74) is 1.09. The van der Waals surface area contributed by atoms with Crippen molar-refractivity contribution in [3.8, 4) is 5.75 Å². The van der Waals surface area contributed by atoms with Gasteiger partial charge in [0.1, 0.15) is 5.75 Å². The number of aliphatic hydroxyl groups is 1. The maximum atomic E-state index is 10.2. The molecule has 20 heavy (non-hydrogen) atoms. The largest absolute Gasteiger partial charge is 0.497 e. The Hall–Kier alpha value is -0.580. The molecule has 0 spiro atoms. The van der Waals surface area contributed by atoms with Gasteiger partial charge < -0.3 is 14.6 Å². The van der Waals surface area contributed by atoms with Crippen molar-refractivity contribution in [1.82, 2.24) is 0 Å². The molecule has 0 amide bonds. The fourth-order valence-corrected chi connectivity index (χ4v) is 3.20. The van der Waals surface area contributed by atoms with E-state index in [4.69, 9.17) is 9.47 Å². The van der Waals surface area contributed by atoms with Crippen molar-refractivity contribution in [1.29, 1.82) is 0 Å². The Kier molecular flexibility index (Phi) is 5.87. The first kappa shape index (κ1) is 15.8. The summed E-state index contributed by atoms with van der Waals surface area (Å²) in [6.45, 7) is 2.82. The van der Waals surface area contributed by atoms with Crippen LogP contribution in [0.4, 0.5) is 0 Å². The molecule has 0 radical (unpaired) electrons. The molecular formula is C16H23BrO3. The number of hydrogen-bond acceptors (Lipinski definition) is 3. The number of aliphatic hydroxyl groups excluding tert-OH is 1. The lowest BCUT2D eigenvalue weighted by atomic mass is 9.78. The predicted molar refractivity (Wildman–Crippen MR) is 83.2 cm³/mol. The molecule has 1 aromatic carbocycles. The van der Waals surface area contributed by atoms with Crippen LogP contribution in [-0.4, -0.2) is 31.0 Å². The van der Waals surface area contributed by atoms with Gasteiger partial charge in [0, 0.05) is 11.1 Å². The first-order valence-electron chi connectivity index (χ1n) is 7.24. The minimum Gasteiger partial charge on any atom is -0.497 e. The van der Waals surface area contributed by atoms with Gasteiger partial charge in [-0.1, -0.05) is 15.9 Å². The molecule has 1 aliphatic carbocycles. The Balaban J connectivity index is 1.81. The molecule has 1 saturated carbocycles. The Morgan fingerprint density at radius 2 is 2.15 bits per heavy atom. The van der Waals surface area contributed by atoms with Gasteiger partial charge in [-0.25, -0.2) is 0 Å². The second-order valence-electron chi connectivity index (χ2n) is 5.47. The average Bonchev–Trinajstić information content (AvgIpc) is 2.39. The number of ether oxygens (including phenoxy) is 2. The van der Waals surface area contributed by atoms with Crippen LogP contribution in [0.5, 0.6) is 5.75 Å². The highest BCUT2D eigenvalue weighted by Gasteiger charge is 2.31. The minimum absolute atomic E-state index is 0.300. The fourth-order valence-electron chi connectivity index (χ4n) is 2.80. The van der Waals surface area contributed by atoms with E-state index in [1.54, 1.807) is 7.11 Å². The van der Waals surface area contributed by atoms with E-state index in [2.05, 4.69) is 15.9 Å². The highest BCUT2D eigenvalue weighted by molar-refractivity contribution is 9.10. The standard InChI is InChI=1S/C16H23BrO3/c1-3-20-15-7-11(8-15)6-13(18)9-12-10-14(19-2)4-5-16(12)17/h4-5,10-11,13,15,18H,3,6-9H2,1-2H3. The average molecular weight is 343 g/mol. The monoisotopic (exact) mass is 342 g/mol. The minimum atomic E-state index is -0.300. The van der Waals surface area contributed by atoms with Gasteiger partial charge in [0.2, 0.25) is 0 Å². The normalized spacial score (nSPS) is 23.2. The molecule has 1 atom stereocenters. The molecule has 1 N–H and O–H groups in total. The molecule has 2 rings (SSSR count). The van der Waals surface area contributed by atoms with E-state index in [-0.39, 0.29) is 6.10 Å². The number of hydrogen-bond donors (Lipinski definition) is 1. The Morgan fingerprint density at radius 3 is 2.80 bits per heavy atom. The smallest absolute Gasteiger partial charge is 0.119 e. The zero-order valence-electron chi connectivity index (χ0n) is 12.1. The van der Waals surface area contributed by atoms with Crippen LogP contribution in [0.25, 0.3) is 0 Å². The van der Waals surface area contributed by atoms with Gasteiger partial charge in [0.05, 0.1) is 19.3 Å². The summed E-state index contributed by atoms with van der Waals surface area (Å²) in [4.78, 5) is 0. The number of methoxy groups -OCH3 is 1. The topological polar surface area (TPSA) is 38.7 Å². The predicted octanol–water partition coefficient (Wildman–Crippen LogP) is 3.57. The van der Waals surface area contributed by atoms with E-state index >= 15 is 0 Å². The molecule has 0 bridgehead atoms. The highest BCUT2D eigenvalue weighted by atomic mass is 79.9. The number of halogens is 1. The van der Waals surface area contributed by atoms with Crippen LogP contribution in [-0.2, 0) is 11.2 Å². The molecule has 1 aliphatic rings. The summed E-state index contributed by atoms with van der Waals surface area (Å²) in [7, 11) is 1.66. The Morgan fingerprint density at radius 1 is 1.40 bits per heavy atom. The van der Waals surface area contributed by atoms with Crippen molar-refractivity contribution < 1.29 is 14.6 Å². The van der Waals surface area contributed by atoms with Crippen molar-refractivity contribution in [3.63, 3.8) is 0 Å². The van der Waals surface area contributed by atoms with Gasteiger partial charge in [-0.3, -0.25) is 0 Å². The maximum absolute atomic E-state index is 10.2. The van der Waals surface area contributed by atoms with Crippen LogP contribution in [0.2, 0.25) is 0 Å².